The van der Waals surface area contributed by atoms with E-state index in [1.807, 2.05) is 18.2 Å². The number of thiazole rings is 1. The highest BCUT2D eigenvalue weighted by atomic mass is 79.9. The summed E-state index contributed by atoms with van der Waals surface area (Å²) in [6.45, 7) is 2.49. The number of rotatable bonds is 8. The number of likely N-dealkylation sites (N-methyl/N-ethyl adjacent to an activating group) is 1. The fourth-order valence-corrected chi connectivity index (χ4v) is 4.37. The van der Waals surface area contributed by atoms with Crippen molar-refractivity contribution in [3.8, 4) is 0 Å². The van der Waals surface area contributed by atoms with Crippen LogP contribution in [0.15, 0.2) is 34.2 Å². The number of carbonyl (C=O) groups is 2. The molecule has 28 heavy (non-hydrogen) atoms. The van der Waals surface area contributed by atoms with E-state index in [-0.39, 0.29) is 6.03 Å². The van der Waals surface area contributed by atoms with Crippen LogP contribution in [0.1, 0.15) is 48.5 Å². The summed E-state index contributed by atoms with van der Waals surface area (Å²) in [6.07, 6.45) is 6.62. The summed E-state index contributed by atoms with van der Waals surface area (Å²) in [5, 5.41) is 0.503. The van der Waals surface area contributed by atoms with E-state index in [4.69, 9.17) is 4.74 Å². The van der Waals surface area contributed by atoms with Gasteiger partial charge in [-0.2, -0.15) is 0 Å². The third kappa shape index (κ3) is 4.91. The summed E-state index contributed by atoms with van der Waals surface area (Å²) < 4.78 is 6.50. The van der Waals surface area contributed by atoms with Crippen LogP contribution in [0.4, 0.5) is 9.93 Å². The zero-order chi connectivity index (χ0) is 20.1. The maximum atomic E-state index is 12.7. The first-order chi connectivity index (χ1) is 13.5. The molecule has 1 aliphatic heterocycles. The maximum absolute atomic E-state index is 12.7. The van der Waals surface area contributed by atoms with Crippen LogP contribution in [-0.4, -0.2) is 41.7 Å². The predicted molar refractivity (Wildman–Crippen MR) is 114 cm³/mol. The summed E-state index contributed by atoms with van der Waals surface area (Å²) in [6, 6.07) is 7.33. The molecule has 1 atom stereocenters. The van der Waals surface area contributed by atoms with E-state index in [0.29, 0.717) is 17.2 Å². The summed E-state index contributed by atoms with van der Waals surface area (Å²) in [5.74, 6) is -0.427. The van der Waals surface area contributed by atoms with Crippen molar-refractivity contribution in [2.24, 2.45) is 0 Å². The number of unbranched alkanes of at least 4 members (excludes halogenated alkanes) is 3. The molecule has 0 radical (unpaired) electrons. The molecule has 2 heterocycles. The van der Waals surface area contributed by atoms with Crippen LogP contribution in [0.5, 0.6) is 0 Å². The van der Waals surface area contributed by atoms with E-state index in [1.54, 1.807) is 19.3 Å². The fourth-order valence-electron chi connectivity index (χ4n) is 3.15. The quantitative estimate of drug-likeness (QED) is 0.402. The minimum Gasteiger partial charge on any atom is -0.435 e. The van der Waals surface area contributed by atoms with Gasteiger partial charge in [0.1, 0.15) is 0 Å². The lowest BCUT2D eigenvalue weighted by molar-refractivity contribution is 0.0331. The highest BCUT2D eigenvalue weighted by molar-refractivity contribution is 9.11. The van der Waals surface area contributed by atoms with Crippen molar-refractivity contribution >= 4 is 44.4 Å². The molecule has 2 amide bonds. The van der Waals surface area contributed by atoms with E-state index in [2.05, 4.69) is 27.8 Å². The number of nitrogens with zero attached hydrogens (tertiary/aromatic N) is 3. The first kappa shape index (κ1) is 20.8. The van der Waals surface area contributed by atoms with Crippen LogP contribution in [0.25, 0.3) is 0 Å². The molecule has 0 saturated carbocycles. The number of aryl methyl sites for hydroxylation is 1. The van der Waals surface area contributed by atoms with Gasteiger partial charge in [-0.3, -0.25) is 0 Å². The molecule has 1 saturated heterocycles. The van der Waals surface area contributed by atoms with Crippen LogP contribution in [0, 0.1) is 0 Å². The Morgan fingerprint density at radius 2 is 2.18 bits per heavy atom. The minimum absolute atomic E-state index is 0.232. The minimum atomic E-state index is -0.698. The fraction of sp³-hybridized carbons (Fsp3) is 0.450. The van der Waals surface area contributed by atoms with Crippen LogP contribution >= 0.6 is 27.3 Å². The predicted octanol–water partition coefficient (Wildman–Crippen LogP) is 5.08. The second-order valence-corrected chi connectivity index (χ2v) is 9.24. The number of hydrogen-bond donors (Lipinski definition) is 0. The molecule has 0 spiro atoms. The van der Waals surface area contributed by atoms with Gasteiger partial charge in [0, 0.05) is 7.05 Å². The van der Waals surface area contributed by atoms with Crippen molar-refractivity contribution in [1.29, 1.82) is 0 Å². The van der Waals surface area contributed by atoms with Gasteiger partial charge in [0.2, 0.25) is 6.23 Å². The summed E-state index contributed by atoms with van der Waals surface area (Å²) in [7, 11) is 1.68. The summed E-state index contributed by atoms with van der Waals surface area (Å²) in [5.41, 5.74) is 1.64. The smallest absolute Gasteiger partial charge is 0.340 e. The molecule has 3 rings (SSSR count). The van der Waals surface area contributed by atoms with E-state index in [1.165, 1.54) is 40.4 Å². The van der Waals surface area contributed by atoms with Gasteiger partial charge in [0.25, 0.3) is 0 Å². The van der Waals surface area contributed by atoms with Crippen LogP contribution < -0.4 is 4.90 Å². The van der Waals surface area contributed by atoms with Crippen molar-refractivity contribution in [2.75, 3.05) is 18.5 Å². The monoisotopic (exact) mass is 465 g/mol. The van der Waals surface area contributed by atoms with Gasteiger partial charge in [-0.25, -0.2) is 19.5 Å². The van der Waals surface area contributed by atoms with Crippen molar-refractivity contribution < 1.29 is 14.3 Å². The average molecular weight is 466 g/mol. The van der Waals surface area contributed by atoms with Crippen molar-refractivity contribution in [2.45, 2.75) is 45.3 Å². The maximum Gasteiger partial charge on any atom is 0.340 e. The number of esters is 1. The second kappa shape index (κ2) is 9.52. The van der Waals surface area contributed by atoms with Gasteiger partial charge in [0.15, 0.2) is 5.13 Å². The highest BCUT2D eigenvalue weighted by Crippen LogP contribution is 2.32. The van der Waals surface area contributed by atoms with Crippen LogP contribution in [0.2, 0.25) is 0 Å². The number of benzene rings is 1. The Labute approximate surface area is 177 Å². The highest BCUT2D eigenvalue weighted by Gasteiger charge is 2.40. The standard InChI is InChI=1S/C20H24BrN3O3S/c1-3-4-5-6-8-14-9-7-10-15(11-14)18(25)27-17-13-23(2)20(26)24(17)19-22-12-16(21)28-19/h7,9-12,17H,3-6,8,13H2,1-2H3. The van der Waals surface area contributed by atoms with Crippen molar-refractivity contribution in [3.63, 3.8) is 0 Å². The Morgan fingerprint density at radius 3 is 2.89 bits per heavy atom. The SMILES string of the molecule is CCCCCCc1cccc(C(=O)OC2CN(C)C(=O)N2c2ncc(Br)s2)c1. The van der Waals surface area contributed by atoms with E-state index in [9.17, 15) is 9.59 Å². The van der Waals surface area contributed by atoms with Gasteiger partial charge in [-0.05, 0) is 46.5 Å². The Bertz CT molecular complexity index is 842. The zero-order valence-corrected chi connectivity index (χ0v) is 18.5. The number of anilines is 1. The molecular weight excluding hydrogens is 442 g/mol. The van der Waals surface area contributed by atoms with E-state index < -0.39 is 12.2 Å². The first-order valence-corrected chi connectivity index (χ1v) is 11.1. The number of ether oxygens (including phenoxy) is 1. The summed E-state index contributed by atoms with van der Waals surface area (Å²) >= 11 is 4.68. The molecule has 6 nitrogen and oxygen atoms in total. The van der Waals surface area contributed by atoms with Gasteiger partial charge in [0.05, 0.1) is 22.1 Å². The Kier molecular flexibility index (Phi) is 7.07. The van der Waals surface area contributed by atoms with Crippen LogP contribution in [-0.2, 0) is 11.2 Å². The van der Waals surface area contributed by atoms with Gasteiger partial charge in [-0.15, -0.1) is 0 Å². The normalized spacial score (nSPS) is 16.7. The molecule has 0 aliphatic carbocycles. The number of amides is 2. The zero-order valence-electron chi connectivity index (χ0n) is 16.1. The third-order valence-corrected chi connectivity index (χ3v) is 6.12. The number of aromatic nitrogens is 1. The van der Waals surface area contributed by atoms with Gasteiger partial charge in [-0.1, -0.05) is 49.7 Å². The largest absolute Gasteiger partial charge is 0.435 e. The summed E-state index contributed by atoms with van der Waals surface area (Å²) in [4.78, 5) is 32.4. The molecule has 1 aliphatic rings. The molecule has 0 N–H and O–H groups in total. The van der Waals surface area contributed by atoms with Crippen molar-refractivity contribution in [1.82, 2.24) is 9.88 Å². The molecule has 0 bridgehead atoms. The Hall–Kier alpha value is -1.93. The Balaban J connectivity index is 1.68. The van der Waals surface area contributed by atoms with Crippen LogP contribution in [0.3, 0.4) is 0 Å². The van der Waals surface area contributed by atoms with E-state index in [0.717, 1.165) is 22.2 Å². The molecule has 2 aromatic rings. The number of urea groups is 1. The van der Waals surface area contributed by atoms with Crippen molar-refractivity contribution in [3.05, 3.63) is 45.4 Å². The Morgan fingerprint density at radius 1 is 1.36 bits per heavy atom. The van der Waals surface area contributed by atoms with Gasteiger partial charge >= 0.3 is 12.0 Å². The molecule has 1 fully saturated rings. The molecule has 1 aromatic carbocycles. The molecule has 8 heteroatoms. The number of hydrogen-bond acceptors (Lipinski definition) is 5. The molecule has 150 valence electrons. The first-order valence-electron chi connectivity index (χ1n) is 9.45. The molecule has 1 unspecified atom stereocenters. The van der Waals surface area contributed by atoms with Gasteiger partial charge < -0.3 is 9.64 Å². The van der Waals surface area contributed by atoms with E-state index >= 15 is 0 Å². The number of halogens is 1. The lowest BCUT2D eigenvalue weighted by Gasteiger charge is -2.20. The molecule has 1 aromatic heterocycles. The number of carbonyl (C=O) groups excluding carboxylic acids is 2. The third-order valence-electron chi connectivity index (χ3n) is 4.65. The average Bonchev–Trinajstić information content (AvgIpc) is 3.22. The lowest BCUT2D eigenvalue weighted by atomic mass is 10.0. The topological polar surface area (TPSA) is 62.7 Å². The molecular formula is C20H24BrN3O3S. The lowest BCUT2D eigenvalue weighted by Crippen LogP contribution is -2.37. The second-order valence-electron chi connectivity index (χ2n) is 6.85.